The minimum Gasteiger partial charge on any atom is -0.495 e. The molecule has 0 aliphatic rings. The van der Waals surface area contributed by atoms with Crippen LogP contribution in [0.4, 0.5) is 5.69 Å². The molecule has 0 fully saturated rings. The van der Waals surface area contributed by atoms with Crippen molar-refractivity contribution >= 4 is 17.5 Å². The van der Waals surface area contributed by atoms with Crippen LogP contribution in [-0.2, 0) is 9.59 Å². The van der Waals surface area contributed by atoms with Gasteiger partial charge in [0.2, 0.25) is 0 Å². The lowest BCUT2D eigenvalue weighted by Crippen LogP contribution is -2.49. The fourth-order valence-corrected chi connectivity index (χ4v) is 2.14. The SMILES string of the molecule is CCN(C(=O)C(=O)Nc1cc(C)ccc1OC)C(C)(C)C. The summed E-state index contributed by atoms with van der Waals surface area (Å²) in [6.07, 6.45) is 0. The summed E-state index contributed by atoms with van der Waals surface area (Å²) in [5.41, 5.74) is 1.07. The molecule has 1 aromatic carbocycles. The summed E-state index contributed by atoms with van der Waals surface area (Å²) in [5, 5.41) is 2.63. The van der Waals surface area contributed by atoms with Gasteiger partial charge in [0.25, 0.3) is 0 Å². The molecule has 0 atom stereocenters. The molecule has 1 N–H and O–H groups in total. The molecule has 0 spiro atoms. The first-order valence-electron chi connectivity index (χ1n) is 6.98. The quantitative estimate of drug-likeness (QED) is 0.871. The third-order valence-corrected chi connectivity index (χ3v) is 3.17. The van der Waals surface area contributed by atoms with E-state index < -0.39 is 17.4 Å². The lowest BCUT2D eigenvalue weighted by molar-refractivity contribution is -0.146. The molecule has 0 radical (unpaired) electrons. The zero-order chi connectivity index (χ0) is 16.2. The van der Waals surface area contributed by atoms with Crippen molar-refractivity contribution in [3.8, 4) is 5.75 Å². The van der Waals surface area contributed by atoms with Crippen molar-refractivity contribution < 1.29 is 14.3 Å². The van der Waals surface area contributed by atoms with E-state index in [2.05, 4.69) is 5.32 Å². The molecule has 5 nitrogen and oxygen atoms in total. The van der Waals surface area contributed by atoms with Crippen molar-refractivity contribution in [3.05, 3.63) is 23.8 Å². The molecule has 5 heteroatoms. The van der Waals surface area contributed by atoms with Gasteiger partial charge in [0.15, 0.2) is 0 Å². The van der Waals surface area contributed by atoms with Gasteiger partial charge >= 0.3 is 11.8 Å². The van der Waals surface area contributed by atoms with Crippen molar-refractivity contribution in [2.75, 3.05) is 19.0 Å². The van der Waals surface area contributed by atoms with E-state index in [1.54, 1.807) is 12.1 Å². The first kappa shape index (κ1) is 17.0. The summed E-state index contributed by atoms with van der Waals surface area (Å²) >= 11 is 0. The van der Waals surface area contributed by atoms with Gasteiger partial charge in [-0.15, -0.1) is 0 Å². The van der Waals surface area contributed by atoms with Crippen LogP contribution in [0.1, 0.15) is 33.3 Å². The van der Waals surface area contributed by atoms with Crippen LogP contribution >= 0.6 is 0 Å². The third kappa shape index (κ3) is 4.21. The molecule has 1 aromatic rings. The van der Waals surface area contributed by atoms with E-state index in [0.29, 0.717) is 18.0 Å². The van der Waals surface area contributed by atoms with Gasteiger partial charge in [0.05, 0.1) is 12.8 Å². The third-order valence-electron chi connectivity index (χ3n) is 3.17. The predicted octanol–water partition coefficient (Wildman–Crippen LogP) is 2.59. The minimum atomic E-state index is -0.657. The maximum absolute atomic E-state index is 12.3. The number of ether oxygens (including phenoxy) is 1. The van der Waals surface area contributed by atoms with Crippen LogP contribution in [-0.4, -0.2) is 35.9 Å². The van der Waals surface area contributed by atoms with Gasteiger partial charge in [-0.1, -0.05) is 6.07 Å². The number of benzene rings is 1. The number of hydrogen-bond donors (Lipinski definition) is 1. The van der Waals surface area contributed by atoms with E-state index in [1.165, 1.54) is 12.0 Å². The Labute approximate surface area is 126 Å². The van der Waals surface area contributed by atoms with Crippen molar-refractivity contribution in [2.45, 2.75) is 40.2 Å². The molecule has 0 aliphatic carbocycles. The van der Waals surface area contributed by atoms with Crippen LogP contribution in [0, 0.1) is 6.92 Å². The van der Waals surface area contributed by atoms with Gasteiger partial charge in [-0.25, -0.2) is 0 Å². The first-order chi connectivity index (χ1) is 9.70. The molecule has 0 saturated carbocycles. The average Bonchev–Trinajstić information content (AvgIpc) is 2.38. The molecule has 1 rings (SSSR count). The standard InChI is InChI=1S/C16H24N2O3/c1-7-18(16(3,4)5)15(20)14(19)17-12-10-11(2)8-9-13(12)21-6/h8-10H,7H2,1-6H3,(H,17,19). The number of aryl methyl sites for hydroxylation is 1. The van der Waals surface area contributed by atoms with E-state index >= 15 is 0 Å². The van der Waals surface area contributed by atoms with Gasteiger partial charge in [-0.2, -0.15) is 0 Å². The van der Waals surface area contributed by atoms with Crippen molar-refractivity contribution in [2.24, 2.45) is 0 Å². The van der Waals surface area contributed by atoms with Crippen LogP contribution in [0.25, 0.3) is 0 Å². The second kappa shape index (κ2) is 6.61. The van der Waals surface area contributed by atoms with E-state index in [9.17, 15) is 9.59 Å². The number of anilines is 1. The zero-order valence-corrected chi connectivity index (χ0v) is 13.6. The predicted molar refractivity (Wildman–Crippen MR) is 83.5 cm³/mol. The number of hydrogen-bond acceptors (Lipinski definition) is 3. The largest absolute Gasteiger partial charge is 0.495 e. The molecule has 0 bridgehead atoms. The molecule has 21 heavy (non-hydrogen) atoms. The molecule has 0 aromatic heterocycles. The smallest absolute Gasteiger partial charge is 0.314 e. The average molecular weight is 292 g/mol. The molecular formula is C16H24N2O3. The number of nitrogens with zero attached hydrogens (tertiary/aromatic N) is 1. The lowest BCUT2D eigenvalue weighted by Gasteiger charge is -2.34. The van der Waals surface area contributed by atoms with Crippen molar-refractivity contribution in [3.63, 3.8) is 0 Å². The zero-order valence-electron chi connectivity index (χ0n) is 13.6. The van der Waals surface area contributed by atoms with Crippen LogP contribution < -0.4 is 10.1 Å². The van der Waals surface area contributed by atoms with Crippen molar-refractivity contribution in [1.29, 1.82) is 0 Å². The number of carbonyl (C=O) groups is 2. The lowest BCUT2D eigenvalue weighted by atomic mass is 10.1. The Morgan fingerprint density at radius 1 is 1.29 bits per heavy atom. The van der Waals surface area contributed by atoms with Crippen LogP contribution in [0.3, 0.4) is 0 Å². The molecule has 0 heterocycles. The monoisotopic (exact) mass is 292 g/mol. The molecule has 0 aliphatic heterocycles. The number of nitrogens with one attached hydrogen (secondary N) is 1. The Bertz CT molecular complexity index is 533. The Hall–Kier alpha value is -2.04. The first-order valence-corrected chi connectivity index (χ1v) is 6.98. The number of carbonyl (C=O) groups excluding carboxylic acids is 2. The Balaban J connectivity index is 2.96. The number of likely N-dealkylation sites (N-methyl/N-ethyl adjacent to an activating group) is 1. The maximum atomic E-state index is 12.3. The molecule has 116 valence electrons. The Morgan fingerprint density at radius 2 is 1.90 bits per heavy atom. The normalized spacial score (nSPS) is 11.0. The summed E-state index contributed by atoms with van der Waals surface area (Å²) < 4.78 is 5.20. The van der Waals surface area contributed by atoms with Crippen LogP contribution in [0.2, 0.25) is 0 Å². The summed E-state index contributed by atoms with van der Waals surface area (Å²) in [5.74, 6) is -0.676. The summed E-state index contributed by atoms with van der Waals surface area (Å²) in [6, 6.07) is 5.41. The van der Waals surface area contributed by atoms with Gasteiger partial charge in [0, 0.05) is 12.1 Å². The fraction of sp³-hybridized carbons (Fsp3) is 0.500. The highest BCUT2D eigenvalue weighted by Gasteiger charge is 2.30. The van der Waals surface area contributed by atoms with Gasteiger partial charge in [-0.05, 0) is 52.3 Å². The highest BCUT2D eigenvalue weighted by Crippen LogP contribution is 2.25. The second-order valence-corrected chi connectivity index (χ2v) is 5.88. The maximum Gasteiger partial charge on any atom is 0.314 e. The molecule has 0 saturated heterocycles. The Kier molecular flexibility index (Phi) is 5.35. The molecule has 2 amide bonds. The topological polar surface area (TPSA) is 58.6 Å². The van der Waals surface area contributed by atoms with Crippen LogP contribution in [0.15, 0.2) is 18.2 Å². The molecule has 0 unspecified atom stereocenters. The van der Waals surface area contributed by atoms with Gasteiger partial charge in [0.1, 0.15) is 5.75 Å². The second-order valence-electron chi connectivity index (χ2n) is 5.88. The fourth-order valence-electron chi connectivity index (χ4n) is 2.14. The highest BCUT2D eigenvalue weighted by molar-refractivity contribution is 6.39. The van der Waals surface area contributed by atoms with E-state index in [0.717, 1.165) is 5.56 Å². The summed E-state index contributed by atoms with van der Waals surface area (Å²) in [6.45, 7) is 9.92. The van der Waals surface area contributed by atoms with Crippen molar-refractivity contribution in [1.82, 2.24) is 4.90 Å². The van der Waals surface area contributed by atoms with E-state index in [-0.39, 0.29) is 0 Å². The van der Waals surface area contributed by atoms with E-state index in [4.69, 9.17) is 4.74 Å². The number of methoxy groups -OCH3 is 1. The number of rotatable bonds is 3. The minimum absolute atomic E-state index is 0.403. The van der Waals surface area contributed by atoms with Crippen LogP contribution in [0.5, 0.6) is 5.75 Å². The number of amides is 2. The molecular weight excluding hydrogens is 268 g/mol. The summed E-state index contributed by atoms with van der Waals surface area (Å²) in [7, 11) is 1.52. The Morgan fingerprint density at radius 3 is 2.38 bits per heavy atom. The van der Waals surface area contributed by atoms with Gasteiger partial charge < -0.3 is 15.0 Å². The van der Waals surface area contributed by atoms with Gasteiger partial charge in [-0.3, -0.25) is 9.59 Å². The summed E-state index contributed by atoms with van der Waals surface area (Å²) in [4.78, 5) is 26.0. The van der Waals surface area contributed by atoms with E-state index in [1.807, 2.05) is 40.7 Å². The highest BCUT2D eigenvalue weighted by atomic mass is 16.5.